The fraction of sp³-hybridized carbons (Fsp3) is 0.377. The van der Waals surface area contributed by atoms with Crippen molar-refractivity contribution >= 4 is 63.6 Å². The van der Waals surface area contributed by atoms with Gasteiger partial charge >= 0.3 is 0 Å². The Morgan fingerprint density at radius 2 is 1.59 bits per heavy atom. The summed E-state index contributed by atoms with van der Waals surface area (Å²) in [6, 6.07) is 19.5. The lowest BCUT2D eigenvalue weighted by Gasteiger charge is -2.57. The second-order valence-electron chi connectivity index (χ2n) is 19.5. The van der Waals surface area contributed by atoms with Crippen molar-refractivity contribution in [1.29, 1.82) is 0 Å². The number of fused-ring (bicyclic) bond motifs is 4. The zero-order valence-corrected chi connectivity index (χ0v) is 38.5. The highest BCUT2D eigenvalue weighted by Gasteiger charge is 2.56. The van der Waals surface area contributed by atoms with E-state index in [1.54, 1.807) is 47.6 Å². The van der Waals surface area contributed by atoms with Gasteiger partial charge in [0.15, 0.2) is 0 Å². The van der Waals surface area contributed by atoms with Crippen LogP contribution in [-0.2, 0) is 25.7 Å². The molecule has 12 rings (SSSR count). The predicted octanol–water partition coefficient (Wildman–Crippen LogP) is 6.90. The smallest absolute Gasteiger partial charge is 0.256 e. The molecule has 1 aliphatic carbocycles. The molecule has 5 aromatic rings. The Morgan fingerprint density at radius 1 is 0.871 bits per heavy atom. The molecule has 5 saturated heterocycles. The number of rotatable bonds is 14. The maximum Gasteiger partial charge on any atom is 0.256 e. The lowest BCUT2D eigenvalue weighted by molar-refractivity contribution is -0.137. The van der Waals surface area contributed by atoms with E-state index in [1.807, 2.05) is 18.2 Å². The van der Waals surface area contributed by atoms with Crippen LogP contribution in [0, 0.1) is 23.0 Å². The molecule has 5 amide bonds. The molecular weight excluding hydrogens is 897 g/mol. The van der Waals surface area contributed by atoms with E-state index < -0.39 is 35.0 Å². The number of imide groups is 1. The minimum Gasteiger partial charge on any atom is -0.457 e. The van der Waals surface area contributed by atoms with Gasteiger partial charge in [-0.15, -0.1) is 0 Å². The van der Waals surface area contributed by atoms with Crippen LogP contribution in [0.25, 0.3) is 17.0 Å². The molecule has 6 fully saturated rings. The van der Waals surface area contributed by atoms with Crippen molar-refractivity contribution in [2.24, 2.45) is 11.3 Å². The van der Waals surface area contributed by atoms with Crippen molar-refractivity contribution in [2.75, 3.05) is 54.8 Å². The minimum atomic E-state index is -1.19. The van der Waals surface area contributed by atoms with Crippen molar-refractivity contribution in [3.8, 4) is 11.5 Å². The Balaban J connectivity index is 0.627. The number of aromatic nitrogens is 2. The number of benzene rings is 3. The van der Waals surface area contributed by atoms with Gasteiger partial charge in [0.25, 0.3) is 5.91 Å². The first-order chi connectivity index (χ1) is 34.0. The number of halogens is 2. The van der Waals surface area contributed by atoms with Gasteiger partial charge < -0.3 is 25.2 Å². The van der Waals surface area contributed by atoms with E-state index in [0.29, 0.717) is 88.8 Å². The normalized spacial score (nSPS) is 22.2. The maximum absolute atomic E-state index is 15.9. The van der Waals surface area contributed by atoms with Gasteiger partial charge in [-0.1, -0.05) is 6.08 Å². The molecule has 6 aliphatic heterocycles. The largest absolute Gasteiger partial charge is 0.457 e. The quantitative estimate of drug-likeness (QED) is 0.0783. The van der Waals surface area contributed by atoms with E-state index in [4.69, 9.17) is 4.74 Å². The Hall–Kier alpha value is -7.11. The second kappa shape index (κ2) is 18.7. The van der Waals surface area contributed by atoms with Crippen LogP contribution in [0.5, 0.6) is 11.5 Å². The van der Waals surface area contributed by atoms with Crippen molar-refractivity contribution < 1.29 is 37.5 Å². The fourth-order valence-electron chi connectivity index (χ4n) is 10.9. The highest BCUT2D eigenvalue weighted by Crippen LogP contribution is 2.48. The molecule has 7 aliphatic rings. The van der Waals surface area contributed by atoms with Crippen LogP contribution in [0.3, 0.4) is 0 Å². The number of piperazine rings is 1. The van der Waals surface area contributed by atoms with Gasteiger partial charge in [-0.2, -0.15) is 0 Å². The molecule has 1 saturated carbocycles. The van der Waals surface area contributed by atoms with Gasteiger partial charge in [0.1, 0.15) is 34.6 Å². The first kappa shape index (κ1) is 45.3. The number of nitrogens with zero attached hydrogens (tertiary/aromatic N) is 6. The standard InChI is InChI=1S/C53H53F2N9O6/c54-34-4-6-35(7-5-34)58-51(68)53(17-18-53)52(69)59-36-8-10-40(11-9-36)70-47-14-19-56-44-26-46(43(55)25-41(44)47)62-21-15-32(16-22-62)28-63-38-24-39(63)31-61(30-38)20-2-1-3-37-23-33-29-64(50(67)42(33)27-57-37)45-12-13-48(65)60-49(45)66/h1,3-11,14,19,23,25-27,32,38-39,45H,2,12-13,15-18,20-22,24,28-31H2,(H,58,68)(H,59,69)(H,60,65,66)/b3-1+. The third kappa shape index (κ3) is 9.10. The molecule has 3 aromatic carbocycles. The van der Waals surface area contributed by atoms with Gasteiger partial charge in [0, 0.05) is 93.5 Å². The molecule has 360 valence electrons. The molecule has 0 radical (unpaired) electrons. The highest BCUT2D eigenvalue weighted by atomic mass is 19.1. The topological polar surface area (TPSA) is 169 Å². The number of carbonyl (C=O) groups excluding carboxylic acids is 5. The van der Waals surface area contributed by atoms with Gasteiger partial charge in [-0.3, -0.25) is 49.1 Å². The summed E-state index contributed by atoms with van der Waals surface area (Å²) in [4.78, 5) is 81.2. The van der Waals surface area contributed by atoms with Crippen molar-refractivity contribution in [3.63, 3.8) is 0 Å². The van der Waals surface area contributed by atoms with Crippen LogP contribution in [0.15, 0.2) is 91.3 Å². The van der Waals surface area contributed by atoms with Gasteiger partial charge in [-0.05, 0) is 135 Å². The first-order valence-electron chi connectivity index (χ1n) is 24.2. The van der Waals surface area contributed by atoms with Crippen LogP contribution in [-0.4, -0.2) is 112 Å². The zero-order valence-electron chi connectivity index (χ0n) is 38.5. The van der Waals surface area contributed by atoms with Gasteiger partial charge in [0.2, 0.25) is 23.6 Å². The van der Waals surface area contributed by atoms with E-state index >= 15 is 4.39 Å². The van der Waals surface area contributed by atoms with Crippen LogP contribution in [0.2, 0.25) is 0 Å². The Kier molecular flexibility index (Phi) is 12.1. The van der Waals surface area contributed by atoms with E-state index in [2.05, 4.69) is 46.7 Å². The summed E-state index contributed by atoms with van der Waals surface area (Å²) in [6.45, 7) is 5.99. The molecule has 70 heavy (non-hydrogen) atoms. The molecule has 0 spiro atoms. The monoisotopic (exact) mass is 949 g/mol. The number of amides is 5. The Morgan fingerprint density at radius 3 is 2.29 bits per heavy atom. The van der Waals surface area contributed by atoms with E-state index in [-0.39, 0.29) is 24.1 Å². The van der Waals surface area contributed by atoms with E-state index in [1.165, 1.54) is 36.8 Å². The van der Waals surface area contributed by atoms with E-state index in [9.17, 15) is 28.4 Å². The molecule has 17 heteroatoms. The van der Waals surface area contributed by atoms with Gasteiger partial charge in [-0.25, -0.2) is 8.78 Å². The summed E-state index contributed by atoms with van der Waals surface area (Å²) in [5, 5.41) is 8.44. The third-order valence-corrected chi connectivity index (χ3v) is 15.0. The average molecular weight is 950 g/mol. The molecule has 2 bridgehead atoms. The van der Waals surface area contributed by atoms with Crippen LogP contribution in [0.4, 0.5) is 25.8 Å². The molecule has 2 aromatic heterocycles. The molecular formula is C53H53F2N9O6. The molecule has 15 nitrogen and oxygen atoms in total. The van der Waals surface area contributed by atoms with Crippen molar-refractivity contribution in [3.05, 3.63) is 120 Å². The molecule has 8 heterocycles. The molecule has 3 atom stereocenters. The highest BCUT2D eigenvalue weighted by molar-refractivity contribution is 6.17. The minimum absolute atomic E-state index is 0.221. The summed E-state index contributed by atoms with van der Waals surface area (Å²) >= 11 is 0. The maximum atomic E-state index is 15.9. The number of piperidine rings is 3. The summed E-state index contributed by atoms with van der Waals surface area (Å²) in [5.74, 6) is -1.06. The number of hydrogen-bond donors (Lipinski definition) is 3. The summed E-state index contributed by atoms with van der Waals surface area (Å²) in [5.41, 5.74) is 3.02. The number of ether oxygens (including phenoxy) is 1. The van der Waals surface area contributed by atoms with Crippen molar-refractivity contribution in [1.82, 2.24) is 30.0 Å². The van der Waals surface area contributed by atoms with Crippen LogP contribution < -0.4 is 25.6 Å². The molecule has 3 unspecified atom stereocenters. The number of nitrogens with one attached hydrogen (secondary N) is 3. The van der Waals surface area contributed by atoms with Crippen LogP contribution in [0.1, 0.15) is 73.0 Å². The molecule has 3 N–H and O–H groups in total. The lowest BCUT2D eigenvalue weighted by atomic mass is 9.84. The third-order valence-electron chi connectivity index (χ3n) is 15.0. The SMILES string of the molecule is O=C1CCC(N2Cc3cc(/C=C/CCN4CC5CC(C4)N5CC4CCN(c5cc6nccc(Oc7ccc(NC(=O)C8(C(=O)Nc9ccc(F)cc9)CC8)cc7)c6cc5F)CC4)ncc3C2=O)C(=O)N1. The van der Waals surface area contributed by atoms with Crippen LogP contribution >= 0.6 is 0 Å². The summed E-state index contributed by atoms with van der Waals surface area (Å²) in [6.07, 6.45) is 12.8. The fourth-order valence-corrected chi connectivity index (χ4v) is 10.9. The number of anilines is 3. The number of hydrogen-bond acceptors (Lipinski definition) is 11. The predicted molar refractivity (Wildman–Crippen MR) is 258 cm³/mol. The zero-order chi connectivity index (χ0) is 48.1. The number of carbonyl (C=O) groups is 5. The second-order valence-corrected chi connectivity index (χ2v) is 19.5. The Bertz CT molecular complexity index is 2910. The van der Waals surface area contributed by atoms with E-state index in [0.717, 1.165) is 69.8 Å². The summed E-state index contributed by atoms with van der Waals surface area (Å²) < 4.78 is 35.5. The number of pyridine rings is 2. The van der Waals surface area contributed by atoms with Gasteiger partial charge in [0.05, 0.1) is 22.5 Å². The Labute approximate surface area is 403 Å². The first-order valence-corrected chi connectivity index (χ1v) is 24.2. The average Bonchev–Trinajstić information content (AvgIpc) is 4.12. The lowest BCUT2D eigenvalue weighted by Crippen LogP contribution is -2.69. The summed E-state index contributed by atoms with van der Waals surface area (Å²) in [7, 11) is 0. The van der Waals surface area contributed by atoms with Crippen molar-refractivity contribution in [2.45, 2.75) is 76.0 Å².